The molecule has 0 aromatic heterocycles. The first kappa shape index (κ1) is 22.2. The van der Waals surface area contributed by atoms with Crippen molar-refractivity contribution in [2.75, 3.05) is 13.1 Å². The molecule has 0 spiro atoms. The molecule has 0 aromatic rings. The van der Waals surface area contributed by atoms with Crippen LogP contribution in [-0.4, -0.2) is 29.7 Å². The second kappa shape index (κ2) is 12.5. The third-order valence-corrected chi connectivity index (χ3v) is 5.96. The van der Waals surface area contributed by atoms with Crippen LogP contribution in [0.5, 0.6) is 0 Å². The van der Waals surface area contributed by atoms with Gasteiger partial charge in [0.15, 0.2) is 0 Å². The van der Waals surface area contributed by atoms with Gasteiger partial charge in [-0.1, -0.05) is 66.2 Å². The Morgan fingerprint density at radius 3 is 1.88 bits per heavy atom. The number of hydrogen-bond acceptors (Lipinski definition) is 2. The zero-order chi connectivity index (χ0) is 18.7. The molecule has 146 valence electrons. The van der Waals surface area contributed by atoms with E-state index in [2.05, 4.69) is 32.6 Å². The van der Waals surface area contributed by atoms with E-state index in [1.54, 1.807) is 0 Å². The van der Waals surface area contributed by atoms with Crippen LogP contribution < -0.4 is 0 Å². The van der Waals surface area contributed by atoms with Crippen LogP contribution in [0, 0.1) is 17.8 Å². The van der Waals surface area contributed by atoms with E-state index in [0.717, 1.165) is 38.8 Å². The van der Waals surface area contributed by atoms with Crippen LogP contribution in [0.4, 0.5) is 0 Å². The number of Topliss-reactive ketones (excluding diaryl/α,β-unsaturated/α-hetero) is 1. The summed E-state index contributed by atoms with van der Waals surface area (Å²) in [6.07, 6.45) is 11.8. The molecule has 0 N–H and O–H groups in total. The lowest BCUT2D eigenvalue weighted by Crippen LogP contribution is -2.43. The summed E-state index contributed by atoms with van der Waals surface area (Å²) >= 11 is 0. The molecule has 3 atom stereocenters. The van der Waals surface area contributed by atoms with Gasteiger partial charge in [-0.3, -0.25) is 9.59 Å². The minimum Gasteiger partial charge on any atom is -0.342 e. The molecular formula is C22H41NO2. The van der Waals surface area contributed by atoms with Gasteiger partial charge in [-0.15, -0.1) is 0 Å². The molecule has 0 radical (unpaired) electrons. The van der Waals surface area contributed by atoms with Crippen molar-refractivity contribution in [3.05, 3.63) is 0 Å². The van der Waals surface area contributed by atoms with Crippen molar-refractivity contribution < 1.29 is 9.59 Å². The maximum atomic E-state index is 13.1. The fraction of sp³-hybridized carbons (Fsp3) is 0.909. The number of carbonyl (C=O) groups excluding carboxylic acids is 2. The highest BCUT2D eigenvalue weighted by molar-refractivity contribution is 6.02. The van der Waals surface area contributed by atoms with Gasteiger partial charge >= 0.3 is 0 Å². The van der Waals surface area contributed by atoms with Gasteiger partial charge in [-0.2, -0.15) is 0 Å². The average Bonchev–Trinajstić information content (AvgIpc) is 3.05. The molecule has 1 aliphatic rings. The third kappa shape index (κ3) is 7.50. The average molecular weight is 352 g/mol. The summed E-state index contributed by atoms with van der Waals surface area (Å²) in [6.45, 7) is 10.6. The van der Waals surface area contributed by atoms with Crippen molar-refractivity contribution in [3.8, 4) is 0 Å². The number of unbranched alkanes of at least 4 members (excludes halogenated alkanes) is 2. The van der Waals surface area contributed by atoms with Gasteiger partial charge in [0.2, 0.25) is 5.91 Å². The van der Waals surface area contributed by atoms with E-state index in [-0.39, 0.29) is 17.6 Å². The van der Waals surface area contributed by atoms with Crippen LogP contribution >= 0.6 is 0 Å². The van der Waals surface area contributed by atoms with Gasteiger partial charge in [0, 0.05) is 19.5 Å². The maximum Gasteiger partial charge on any atom is 0.233 e. The molecule has 3 heteroatoms. The molecule has 1 rings (SSSR count). The largest absolute Gasteiger partial charge is 0.342 e. The summed E-state index contributed by atoms with van der Waals surface area (Å²) < 4.78 is 0. The molecular weight excluding hydrogens is 310 g/mol. The molecule has 3 unspecified atom stereocenters. The number of rotatable bonds is 13. The summed E-state index contributed by atoms with van der Waals surface area (Å²) in [7, 11) is 0. The predicted molar refractivity (Wildman–Crippen MR) is 106 cm³/mol. The Bertz CT molecular complexity index is 375. The lowest BCUT2D eigenvalue weighted by molar-refractivity contribution is -0.141. The van der Waals surface area contributed by atoms with Crippen LogP contribution in [0.15, 0.2) is 0 Å². The summed E-state index contributed by atoms with van der Waals surface area (Å²) in [4.78, 5) is 27.3. The Labute approximate surface area is 155 Å². The van der Waals surface area contributed by atoms with Crippen LogP contribution in [0.2, 0.25) is 0 Å². The molecule has 1 saturated carbocycles. The second-order valence-electron chi connectivity index (χ2n) is 7.99. The van der Waals surface area contributed by atoms with Crippen molar-refractivity contribution in [1.29, 1.82) is 0 Å². The van der Waals surface area contributed by atoms with E-state index in [9.17, 15) is 9.59 Å². The fourth-order valence-electron chi connectivity index (χ4n) is 4.01. The number of carbonyl (C=O) groups is 2. The van der Waals surface area contributed by atoms with Crippen LogP contribution in [0.3, 0.4) is 0 Å². The number of amides is 1. The molecule has 1 aliphatic carbocycles. The Morgan fingerprint density at radius 2 is 1.52 bits per heavy atom. The van der Waals surface area contributed by atoms with Crippen molar-refractivity contribution in [3.63, 3.8) is 0 Å². The lowest BCUT2D eigenvalue weighted by Gasteiger charge is -2.32. The summed E-state index contributed by atoms with van der Waals surface area (Å²) in [5, 5.41) is 0. The van der Waals surface area contributed by atoms with E-state index >= 15 is 0 Å². The zero-order valence-electron chi connectivity index (χ0n) is 17.2. The maximum absolute atomic E-state index is 13.1. The molecule has 0 bridgehead atoms. The minimum atomic E-state index is -0.340. The van der Waals surface area contributed by atoms with Crippen molar-refractivity contribution >= 4 is 11.7 Å². The number of ketones is 1. The van der Waals surface area contributed by atoms with E-state index < -0.39 is 0 Å². The molecule has 0 saturated heterocycles. The van der Waals surface area contributed by atoms with Gasteiger partial charge in [0.25, 0.3) is 0 Å². The van der Waals surface area contributed by atoms with Crippen LogP contribution in [0.1, 0.15) is 98.3 Å². The minimum absolute atomic E-state index is 0.132. The van der Waals surface area contributed by atoms with E-state index in [0.29, 0.717) is 18.3 Å². The van der Waals surface area contributed by atoms with E-state index in [4.69, 9.17) is 0 Å². The first-order chi connectivity index (χ1) is 12.1. The zero-order valence-corrected chi connectivity index (χ0v) is 17.2. The Hall–Kier alpha value is -0.860. The van der Waals surface area contributed by atoms with Gasteiger partial charge in [0.05, 0.1) is 5.92 Å². The van der Waals surface area contributed by atoms with E-state index in [1.165, 1.54) is 38.5 Å². The highest BCUT2D eigenvalue weighted by Gasteiger charge is 2.35. The summed E-state index contributed by atoms with van der Waals surface area (Å²) in [5.41, 5.74) is 0. The Morgan fingerprint density at radius 1 is 1.00 bits per heavy atom. The summed E-state index contributed by atoms with van der Waals surface area (Å²) in [5.74, 6) is 1.12. The molecule has 0 heterocycles. The van der Waals surface area contributed by atoms with Gasteiger partial charge in [-0.25, -0.2) is 0 Å². The Kier molecular flexibility index (Phi) is 11.1. The van der Waals surface area contributed by atoms with Gasteiger partial charge < -0.3 is 4.90 Å². The van der Waals surface area contributed by atoms with Gasteiger partial charge in [-0.05, 0) is 37.5 Å². The molecule has 1 fully saturated rings. The summed E-state index contributed by atoms with van der Waals surface area (Å²) in [6, 6.07) is 0. The van der Waals surface area contributed by atoms with Gasteiger partial charge in [0.1, 0.15) is 5.78 Å². The van der Waals surface area contributed by atoms with Crippen molar-refractivity contribution in [1.82, 2.24) is 4.90 Å². The number of nitrogens with zero attached hydrogens (tertiary/aromatic N) is 1. The molecule has 1 amide bonds. The predicted octanol–water partition coefficient (Wildman–Crippen LogP) is 5.62. The van der Waals surface area contributed by atoms with E-state index in [1.807, 2.05) is 0 Å². The first-order valence-electron chi connectivity index (χ1n) is 10.9. The second-order valence-corrected chi connectivity index (χ2v) is 7.99. The van der Waals surface area contributed by atoms with Crippen LogP contribution in [0.25, 0.3) is 0 Å². The highest BCUT2D eigenvalue weighted by atomic mass is 16.2. The molecule has 25 heavy (non-hydrogen) atoms. The normalized spacial score (nSPS) is 19.8. The van der Waals surface area contributed by atoms with Crippen LogP contribution in [-0.2, 0) is 9.59 Å². The smallest absolute Gasteiger partial charge is 0.233 e. The molecule has 0 aliphatic heterocycles. The monoisotopic (exact) mass is 351 g/mol. The standard InChI is InChI=1S/C22H41NO2/c1-5-9-12-18(7-3)16-23(17-19(8-4)13-10-6-2)22(25)20-14-11-15-21(20)24/h18-20H,5-17H2,1-4H3. The highest BCUT2D eigenvalue weighted by Crippen LogP contribution is 2.26. The quantitative estimate of drug-likeness (QED) is 0.404. The van der Waals surface area contributed by atoms with Crippen molar-refractivity contribution in [2.24, 2.45) is 17.8 Å². The molecule has 0 aromatic carbocycles. The number of hydrogen-bond donors (Lipinski definition) is 0. The SMILES string of the molecule is CCCCC(CC)CN(CC(CC)CCCC)C(=O)C1CCCC1=O. The Balaban J connectivity index is 2.79. The lowest BCUT2D eigenvalue weighted by atomic mass is 9.94. The fourth-order valence-corrected chi connectivity index (χ4v) is 4.01. The third-order valence-electron chi connectivity index (χ3n) is 5.96. The topological polar surface area (TPSA) is 37.4 Å². The van der Waals surface area contributed by atoms with Crippen molar-refractivity contribution in [2.45, 2.75) is 98.3 Å². The molecule has 3 nitrogen and oxygen atoms in total. The first-order valence-corrected chi connectivity index (χ1v) is 10.9.